The lowest BCUT2D eigenvalue weighted by Gasteiger charge is -2.27. The number of anilines is 1. The normalized spacial score (nSPS) is 17.5. The molecule has 13 heteroatoms. The highest BCUT2D eigenvalue weighted by Crippen LogP contribution is 2.37. The number of primary amides is 1. The molecule has 10 nitrogen and oxygen atoms in total. The van der Waals surface area contributed by atoms with E-state index in [9.17, 15) is 22.3 Å². The highest BCUT2D eigenvalue weighted by atomic mass is 32.2. The first-order chi connectivity index (χ1) is 14.2. The van der Waals surface area contributed by atoms with Crippen molar-refractivity contribution in [1.29, 1.82) is 0 Å². The Morgan fingerprint density at radius 2 is 2.13 bits per heavy atom. The fourth-order valence-corrected chi connectivity index (χ4v) is 3.88. The number of rotatable bonds is 8. The zero-order valence-electron chi connectivity index (χ0n) is 16.2. The fraction of sp³-hybridized carbons (Fsp3) is 0.529. The Bertz CT molecular complexity index is 931. The molecule has 1 atom stereocenters. The standard InChI is InChI=1S/C17H22F2N6O4S/c1-29-14-8-12(2-3-13(14)24(30(27)28)10-15(20)26)16-21-23-25(22-16)9-11-4-6-17(18,19)7-5-11/h2-3,8,11H,4-7,9-10H2,1H3,(H2,20,26)(H,27,28)/p-1. The summed E-state index contributed by atoms with van der Waals surface area (Å²) >= 11 is -2.74. The largest absolute Gasteiger partial charge is 0.755 e. The molecule has 1 heterocycles. The Morgan fingerprint density at radius 3 is 2.73 bits per heavy atom. The molecule has 0 aliphatic heterocycles. The minimum Gasteiger partial charge on any atom is -0.755 e. The van der Waals surface area contributed by atoms with Crippen molar-refractivity contribution in [3.63, 3.8) is 0 Å². The van der Waals surface area contributed by atoms with E-state index in [-0.39, 0.29) is 36.0 Å². The molecular formula is C17H21F2N6O4S-. The maximum absolute atomic E-state index is 13.3. The van der Waals surface area contributed by atoms with Gasteiger partial charge in [0.2, 0.25) is 17.7 Å². The summed E-state index contributed by atoms with van der Waals surface area (Å²) < 4.78 is 55.5. The van der Waals surface area contributed by atoms with Gasteiger partial charge >= 0.3 is 0 Å². The van der Waals surface area contributed by atoms with Crippen LogP contribution in [0.2, 0.25) is 0 Å². The lowest BCUT2D eigenvalue weighted by molar-refractivity contribution is -0.116. The van der Waals surface area contributed by atoms with Gasteiger partial charge in [0.15, 0.2) is 0 Å². The third-order valence-corrected chi connectivity index (χ3v) is 5.58. The molecule has 1 aliphatic carbocycles. The lowest BCUT2D eigenvalue weighted by atomic mass is 9.87. The summed E-state index contributed by atoms with van der Waals surface area (Å²) in [6.45, 7) is -0.152. The molecule has 0 bridgehead atoms. The maximum Gasteiger partial charge on any atom is 0.248 e. The van der Waals surface area contributed by atoms with Gasteiger partial charge in [-0.2, -0.15) is 4.80 Å². The highest BCUT2D eigenvalue weighted by molar-refractivity contribution is 7.80. The van der Waals surface area contributed by atoms with Crippen LogP contribution in [0.25, 0.3) is 11.4 Å². The van der Waals surface area contributed by atoms with Gasteiger partial charge in [-0.1, -0.05) is 0 Å². The number of carbonyl (C=O) groups excluding carboxylic acids is 1. The predicted molar refractivity (Wildman–Crippen MR) is 102 cm³/mol. The molecule has 1 saturated carbocycles. The molecule has 164 valence electrons. The van der Waals surface area contributed by atoms with E-state index >= 15 is 0 Å². The molecule has 1 unspecified atom stereocenters. The third kappa shape index (κ3) is 5.27. The molecule has 0 radical (unpaired) electrons. The summed E-state index contributed by atoms with van der Waals surface area (Å²) in [7, 11) is 1.35. The summed E-state index contributed by atoms with van der Waals surface area (Å²) in [4.78, 5) is 12.5. The first kappa shape index (κ1) is 22.0. The third-order valence-electron chi connectivity index (χ3n) is 4.90. The Morgan fingerprint density at radius 1 is 1.43 bits per heavy atom. The number of benzene rings is 1. The van der Waals surface area contributed by atoms with E-state index in [2.05, 4.69) is 15.4 Å². The van der Waals surface area contributed by atoms with Crippen LogP contribution in [0.15, 0.2) is 18.2 Å². The number of alkyl halides is 2. The van der Waals surface area contributed by atoms with Gasteiger partial charge in [-0.15, -0.1) is 10.2 Å². The number of methoxy groups -OCH3 is 1. The minimum atomic E-state index is -2.74. The molecule has 1 aromatic heterocycles. The molecule has 2 N–H and O–H groups in total. The van der Waals surface area contributed by atoms with Gasteiger partial charge in [0.25, 0.3) is 0 Å². The van der Waals surface area contributed by atoms with Crippen molar-refractivity contribution in [2.75, 3.05) is 18.0 Å². The van der Waals surface area contributed by atoms with Gasteiger partial charge in [0.1, 0.15) is 12.3 Å². The summed E-state index contributed by atoms with van der Waals surface area (Å²) in [6, 6.07) is 4.51. The number of nitrogens with zero attached hydrogens (tertiary/aromatic N) is 5. The van der Waals surface area contributed by atoms with Crippen LogP contribution in [0.1, 0.15) is 25.7 Å². The van der Waals surface area contributed by atoms with Crippen LogP contribution in [0.3, 0.4) is 0 Å². The molecule has 0 saturated heterocycles. The number of halogens is 2. The van der Waals surface area contributed by atoms with Crippen LogP contribution >= 0.6 is 0 Å². The van der Waals surface area contributed by atoms with E-state index in [1.807, 2.05) is 0 Å². The van der Waals surface area contributed by atoms with Crippen molar-refractivity contribution in [3.05, 3.63) is 18.2 Å². The van der Waals surface area contributed by atoms with Gasteiger partial charge in [-0.05, 0) is 42.2 Å². The van der Waals surface area contributed by atoms with Crippen LogP contribution in [-0.2, 0) is 22.6 Å². The maximum atomic E-state index is 13.3. The molecular weight excluding hydrogens is 422 g/mol. The molecule has 1 amide bonds. The van der Waals surface area contributed by atoms with Crippen LogP contribution in [0, 0.1) is 5.92 Å². The predicted octanol–water partition coefficient (Wildman–Crippen LogP) is 1.26. The monoisotopic (exact) mass is 443 g/mol. The molecule has 1 fully saturated rings. The summed E-state index contributed by atoms with van der Waals surface area (Å²) in [6.07, 6.45) is 0.518. The molecule has 1 aliphatic rings. The van der Waals surface area contributed by atoms with E-state index in [4.69, 9.17) is 10.5 Å². The molecule has 30 heavy (non-hydrogen) atoms. The zero-order valence-corrected chi connectivity index (χ0v) is 17.0. The fourth-order valence-electron chi connectivity index (χ4n) is 3.33. The minimum absolute atomic E-state index is 0.0537. The first-order valence-corrected chi connectivity index (χ1v) is 10.2. The smallest absolute Gasteiger partial charge is 0.248 e. The number of carbonyl (C=O) groups is 1. The number of ether oxygens (including phenoxy) is 1. The van der Waals surface area contributed by atoms with E-state index in [1.54, 1.807) is 6.07 Å². The van der Waals surface area contributed by atoms with E-state index in [0.717, 1.165) is 4.31 Å². The number of hydrogen-bond donors (Lipinski definition) is 1. The van der Waals surface area contributed by atoms with Crippen molar-refractivity contribution >= 4 is 22.9 Å². The average Bonchev–Trinajstić information content (AvgIpc) is 3.15. The number of aromatic nitrogens is 4. The van der Waals surface area contributed by atoms with Gasteiger partial charge < -0.3 is 15.0 Å². The van der Waals surface area contributed by atoms with E-state index < -0.39 is 29.6 Å². The van der Waals surface area contributed by atoms with Gasteiger partial charge in [0.05, 0.1) is 19.3 Å². The van der Waals surface area contributed by atoms with Crippen molar-refractivity contribution in [3.8, 4) is 17.1 Å². The van der Waals surface area contributed by atoms with Crippen LogP contribution in [0.4, 0.5) is 14.5 Å². The van der Waals surface area contributed by atoms with Gasteiger partial charge in [-0.3, -0.25) is 13.3 Å². The van der Waals surface area contributed by atoms with Crippen molar-refractivity contribution in [1.82, 2.24) is 20.2 Å². The van der Waals surface area contributed by atoms with Crippen molar-refractivity contribution in [2.24, 2.45) is 11.7 Å². The number of tetrazole rings is 1. The summed E-state index contributed by atoms with van der Waals surface area (Å²) in [5.41, 5.74) is 5.74. The number of nitrogens with two attached hydrogens (primary N) is 1. The topological polar surface area (TPSA) is 139 Å². The second-order valence-corrected chi connectivity index (χ2v) is 7.95. The van der Waals surface area contributed by atoms with Crippen molar-refractivity contribution < 1.29 is 27.1 Å². The van der Waals surface area contributed by atoms with Crippen LogP contribution < -0.4 is 14.8 Å². The average molecular weight is 443 g/mol. The Balaban J connectivity index is 1.77. The van der Waals surface area contributed by atoms with Gasteiger partial charge in [-0.25, -0.2) is 8.78 Å². The SMILES string of the molecule is COc1cc(-c2nnn(CC3CCC(F)(F)CC3)n2)ccc1N(CC(N)=O)S(=O)[O-]. The van der Waals surface area contributed by atoms with Crippen LogP contribution in [-0.4, -0.2) is 54.5 Å². The molecule has 0 spiro atoms. The molecule has 2 aromatic rings. The van der Waals surface area contributed by atoms with Crippen LogP contribution in [0.5, 0.6) is 5.75 Å². The Labute approximate surface area is 173 Å². The van der Waals surface area contributed by atoms with Crippen molar-refractivity contribution in [2.45, 2.75) is 38.2 Å². The van der Waals surface area contributed by atoms with E-state index in [1.165, 1.54) is 24.0 Å². The first-order valence-electron chi connectivity index (χ1n) is 9.18. The van der Waals surface area contributed by atoms with Gasteiger partial charge in [0, 0.05) is 29.7 Å². The zero-order chi connectivity index (χ0) is 21.9. The number of hydrogen-bond acceptors (Lipinski definition) is 7. The molecule has 3 rings (SSSR count). The lowest BCUT2D eigenvalue weighted by Crippen LogP contribution is -2.35. The molecule has 1 aromatic carbocycles. The quantitative estimate of drug-likeness (QED) is 0.606. The van der Waals surface area contributed by atoms with E-state index in [0.29, 0.717) is 24.9 Å². The summed E-state index contributed by atoms with van der Waals surface area (Å²) in [5, 5.41) is 12.2. The number of amides is 1. The second kappa shape index (κ2) is 9.00. The Hall–Kier alpha value is -2.67. The Kier molecular flexibility index (Phi) is 6.61. The summed E-state index contributed by atoms with van der Waals surface area (Å²) in [5.74, 6) is -2.92. The highest BCUT2D eigenvalue weighted by Gasteiger charge is 2.35. The second-order valence-electron chi connectivity index (χ2n) is 7.07.